The lowest BCUT2D eigenvalue weighted by Crippen LogP contribution is -2.06. The van der Waals surface area contributed by atoms with Crippen molar-refractivity contribution in [3.63, 3.8) is 0 Å². The maximum atomic E-state index is 11.2. The quantitative estimate of drug-likeness (QED) is 0.834. The summed E-state index contributed by atoms with van der Waals surface area (Å²) in [5.74, 6) is 0. The van der Waals surface area contributed by atoms with Gasteiger partial charge in [0.1, 0.15) is 0 Å². The monoisotopic (exact) mass is 303 g/mol. The van der Waals surface area contributed by atoms with E-state index in [0.717, 1.165) is 0 Å². The van der Waals surface area contributed by atoms with Crippen LogP contribution in [0.5, 0.6) is 0 Å². The maximum Gasteiger partial charge on any atom is 0.248 e. The zero-order valence-corrected chi connectivity index (χ0v) is 11.3. The Hall–Kier alpha value is -1.00. The number of aliphatic hydroxyl groups excluding tert-OH is 1. The maximum absolute atomic E-state index is 11.2. The minimum Gasteiger partial charge on any atom is -0.392 e. The molecule has 0 spiro atoms. The van der Waals surface area contributed by atoms with E-state index in [2.05, 4.69) is 4.98 Å². The Balaban J connectivity index is 2.72. The predicted octanol–water partition coefficient (Wildman–Crippen LogP) is 3.49. The van der Waals surface area contributed by atoms with Crippen molar-refractivity contribution in [2.45, 2.75) is 6.61 Å². The van der Waals surface area contributed by atoms with Crippen molar-refractivity contribution in [2.24, 2.45) is 0 Å². The lowest BCUT2D eigenvalue weighted by molar-refractivity contribution is 0.282. The van der Waals surface area contributed by atoms with Crippen LogP contribution in [0.15, 0.2) is 29.2 Å². The van der Waals surface area contributed by atoms with Gasteiger partial charge < -0.3 is 10.1 Å². The second-order valence-corrected chi connectivity index (χ2v) is 4.87. The van der Waals surface area contributed by atoms with Crippen LogP contribution in [-0.2, 0) is 6.61 Å². The number of pyridine rings is 1. The van der Waals surface area contributed by atoms with Crippen LogP contribution in [0.4, 0.5) is 0 Å². The number of halogens is 3. The van der Waals surface area contributed by atoms with Gasteiger partial charge in [0.25, 0.3) is 0 Å². The summed E-state index contributed by atoms with van der Waals surface area (Å²) in [5.41, 5.74) is 1.31. The highest BCUT2D eigenvalue weighted by atomic mass is 35.5. The van der Waals surface area contributed by atoms with E-state index in [1.807, 2.05) is 0 Å². The van der Waals surface area contributed by atoms with E-state index in [-0.39, 0.29) is 12.2 Å². The van der Waals surface area contributed by atoms with Crippen LogP contribution in [-0.4, -0.2) is 10.1 Å². The van der Waals surface area contributed by atoms with E-state index in [0.29, 0.717) is 31.8 Å². The molecule has 2 rings (SSSR count). The van der Waals surface area contributed by atoms with Crippen LogP contribution < -0.4 is 5.56 Å². The van der Waals surface area contributed by atoms with Gasteiger partial charge in [0.05, 0.1) is 16.7 Å². The normalized spacial score (nSPS) is 10.7. The summed E-state index contributed by atoms with van der Waals surface area (Å²) in [6.07, 6.45) is 1.47. The molecular formula is C12H8Cl3NO2. The second-order valence-electron chi connectivity index (χ2n) is 3.64. The molecule has 0 atom stereocenters. The number of hydrogen-bond donors (Lipinski definition) is 2. The predicted molar refractivity (Wildman–Crippen MR) is 73.5 cm³/mol. The van der Waals surface area contributed by atoms with Gasteiger partial charge in [-0.1, -0.05) is 34.8 Å². The van der Waals surface area contributed by atoms with Gasteiger partial charge in [-0.3, -0.25) is 4.79 Å². The van der Waals surface area contributed by atoms with E-state index in [9.17, 15) is 9.90 Å². The molecule has 0 unspecified atom stereocenters. The molecule has 2 aromatic rings. The van der Waals surface area contributed by atoms with Crippen LogP contribution in [0.2, 0.25) is 15.1 Å². The number of benzene rings is 1. The lowest BCUT2D eigenvalue weighted by atomic mass is 10.0. The minimum absolute atomic E-state index is 0.278. The molecule has 0 bridgehead atoms. The third-order valence-electron chi connectivity index (χ3n) is 2.46. The number of H-pyrrole nitrogens is 1. The number of aromatic amines is 1. The zero-order chi connectivity index (χ0) is 13.3. The zero-order valence-electron chi connectivity index (χ0n) is 9.01. The molecule has 1 heterocycles. The third kappa shape index (κ3) is 2.54. The van der Waals surface area contributed by atoms with Crippen molar-refractivity contribution in [3.8, 4) is 11.1 Å². The first-order chi connectivity index (χ1) is 8.52. The molecule has 0 radical (unpaired) electrons. The van der Waals surface area contributed by atoms with Crippen molar-refractivity contribution < 1.29 is 5.11 Å². The van der Waals surface area contributed by atoms with Crippen LogP contribution in [0.1, 0.15) is 5.56 Å². The first-order valence-electron chi connectivity index (χ1n) is 5.00. The second kappa shape index (κ2) is 5.33. The molecule has 94 valence electrons. The van der Waals surface area contributed by atoms with Crippen molar-refractivity contribution >= 4 is 34.8 Å². The van der Waals surface area contributed by atoms with E-state index in [1.54, 1.807) is 6.07 Å². The molecule has 0 aliphatic heterocycles. The average molecular weight is 305 g/mol. The number of aromatic nitrogens is 1. The van der Waals surface area contributed by atoms with Gasteiger partial charge in [-0.05, 0) is 17.7 Å². The fourth-order valence-corrected chi connectivity index (χ4v) is 2.35. The molecule has 18 heavy (non-hydrogen) atoms. The highest BCUT2D eigenvalue weighted by molar-refractivity contribution is 6.45. The van der Waals surface area contributed by atoms with Crippen molar-refractivity contribution in [1.29, 1.82) is 0 Å². The summed E-state index contributed by atoms with van der Waals surface area (Å²) < 4.78 is 0. The first-order valence-corrected chi connectivity index (χ1v) is 6.13. The minimum atomic E-state index is -0.299. The molecule has 0 saturated carbocycles. The molecule has 0 saturated heterocycles. The SMILES string of the molecule is O=c1cc(CO)c(-c2cc(Cl)cc(Cl)c2Cl)c[nH]1. The summed E-state index contributed by atoms with van der Waals surface area (Å²) in [7, 11) is 0. The smallest absolute Gasteiger partial charge is 0.248 e. The Morgan fingerprint density at radius 2 is 1.83 bits per heavy atom. The van der Waals surface area contributed by atoms with Gasteiger partial charge in [-0.25, -0.2) is 0 Å². The Morgan fingerprint density at radius 1 is 1.11 bits per heavy atom. The summed E-state index contributed by atoms with van der Waals surface area (Å²) in [5, 5.41) is 10.3. The van der Waals surface area contributed by atoms with E-state index in [4.69, 9.17) is 34.8 Å². The number of aliphatic hydroxyl groups is 1. The lowest BCUT2D eigenvalue weighted by Gasteiger charge is -2.10. The average Bonchev–Trinajstić information content (AvgIpc) is 2.34. The Kier molecular flexibility index (Phi) is 3.97. The van der Waals surface area contributed by atoms with Gasteiger partial charge in [-0.2, -0.15) is 0 Å². The van der Waals surface area contributed by atoms with Gasteiger partial charge >= 0.3 is 0 Å². The van der Waals surface area contributed by atoms with E-state index < -0.39 is 0 Å². The molecular weight excluding hydrogens is 296 g/mol. The fourth-order valence-electron chi connectivity index (χ4n) is 1.65. The Morgan fingerprint density at radius 3 is 2.50 bits per heavy atom. The number of hydrogen-bond acceptors (Lipinski definition) is 2. The van der Waals surface area contributed by atoms with Gasteiger partial charge in [0, 0.05) is 28.4 Å². The summed E-state index contributed by atoms with van der Waals surface area (Å²) in [4.78, 5) is 13.7. The molecule has 1 aromatic heterocycles. The van der Waals surface area contributed by atoms with Crippen molar-refractivity contribution in [3.05, 3.63) is 55.4 Å². The molecule has 3 nitrogen and oxygen atoms in total. The van der Waals surface area contributed by atoms with Crippen LogP contribution in [0, 0.1) is 0 Å². The number of nitrogens with one attached hydrogen (secondary N) is 1. The molecule has 0 aliphatic carbocycles. The van der Waals surface area contributed by atoms with E-state index >= 15 is 0 Å². The standard InChI is InChI=1S/C12H8Cl3NO2/c13-7-2-8(12(15)10(14)3-7)9-4-16-11(18)1-6(9)5-17/h1-4,17H,5H2,(H,16,18). The molecule has 0 aliphatic rings. The summed E-state index contributed by atoms with van der Waals surface area (Å²) in [6, 6.07) is 4.46. The van der Waals surface area contributed by atoms with Crippen LogP contribution >= 0.6 is 34.8 Å². The van der Waals surface area contributed by atoms with E-state index in [1.165, 1.54) is 18.3 Å². The Labute approximate surface area is 118 Å². The topological polar surface area (TPSA) is 53.1 Å². The van der Waals surface area contributed by atoms with Crippen LogP contribution in [0.3, 0.4) is 0 Å². The molecule has 6 heteroatoms. The van der Waals surface area contributed by atoms with Crippen molar-refractivity contribution in [2.75, 3.05) is 0 Å². The third-order valence-corrected chi connectivity index (χ3v) is 3.48. The summed E-state index contributed by atoms with van der Waals surface area (Å²) >= 11 is 18.0. The van der Waals surface area contributed by atoms with Crippen molar-refractivity contribution in [1.82, 2.24) is 4.98 Å². The highest BCUT2D eigenvalue weighted by Crippen LogP contribution is 2.37. The largest absolute Gasteiger partial charge is 0.392 e. The highest BCUT2D eigenvalue weighted by Gasteiger charge is 2.13. The Bertz CT molecular complexity index is 652. The molecule has 0 fully saturated rings. The number of rotatable bonds is 2. The van der Waals surface area contributed by atoms with Gasteiger partial charge in [0.15, 0.2) is 0 Å². The van der Waals surface area contributed by atoms with Gasteiger partial charge in [0.2, 0.25) is 5.56 Å². The first kappa shape index (κ1) is 13.4. The van der Waals surface area contributed by atoms with Crippen LogP contribution in [0.25, 0.3) is 11.1 Å². The molecule has 2 N–H and O–H groups in total. The fraction of sp³-hybridized carbons (Fsp3) is 0.0833. The summed E-state index contributed by atoms with van der Waals surface area (Å²) in [6.45, 7) is -0.278. The molecule has 1 aromatic carbocycles. The molecule has 0 amide bonds. The van der Waals surface area contributed by atoms with Gasteiger partial charge in [-0.15, -0.1) is 0 Å².